The number of fused-ring (bicyclic) bond motifs is 3. The molecule has 7 aromatic carbocycles. The molecule has 340 valence electrons. The third kappa shape index (κ3) is 8.01. The van der Waals surface area contributed by atoms with Crippen molar-refractivity contribution < 1.29 is 4.74 Å². The maximum Gasteiger partial charge on any atom is 0.128 e. The Balaban J connectivity index is 1.22. The molecule has 0 N–H and O–H groups in total. The monoisotopic (exact) mass is 907 g/mol. The molecule has 10 rings (SSSR count). The average molecular weight is 908 g/mol. The zero-order valence-corrected chi connectivity index (χ0v) is 42.1. The number of aryl methyl sites for hydroxylation is 2. The molecule has 0 spiro atoms. The predicted octanol–water partition coefficient (Wildman–Crippen LogP) is 17.5. The van der Waals surface area contributed by atoms with Crippen LogP contribution in [-0.2, 0) is 21.7 Å². The Bertz CT molecular complexity index is 3220. The predicted molar refractivity (Wildman–Crippen MR) is 287 cm³/mol. The van der Waals surface area contributed by atoms with Crippen molar-refractivity contribution in [2.45, 2.75) is 97.8 Å². The molecule has 1 aliphatic heterocycles. The van der Waals surface area contributed by atoms with E-state index in [0.717, 1.165) is 66.2 Å². The first-order valence-corrected chi connectivity index (χ1v) is 24.7. The van der Waals surface area contributed by atoms with E-state index in [-0.39, 0.29) is 16.2 Å². The molecule has 0 aliphatic carbocycles. The van der Waals surface area contributed by atoms with Gasteiger partial charge in [-0.15, -0.1) is 11.3 Å². The quantitative estimate of drug-likeness (QED) is 0.160. The SMILES string of the molecule is Cc1cccc(C)c1-c1cc(Oc2cccc(C3(c4ccccn4)c4cc(C(C)(C)C)ccc4N(c4ccc(C(C)(C)C)cc4)c4ccc(C(C)(C)C)cc43)c2)cc(-c2nc3ccccc3s2)c1. The number of pyridine rings is 1. The lowest BCUT2D eigenvalue weighted by atomic mass is 9.62. The van der Waals surface area contributed by atoms with Crippen molar-refractivity contribution in [3.63, 3.8) is 0 Å². The first kappa shape index (κ1) is 45.0. The molecule has 2 aromatic heterocycles. The summed E-state index contributed by atoms with van der Waals surface area (Å²) in [6.07, 6.45) is 1.94. The molecule has 9 aromatic rings. The topological polar surface area (TPSA) is 38.2 Å². The zero-order chi connectivity index (χ0) is 47.8. The minimum Gasteiger partial charge on any atom is -0.457 e. The summed E-state index contributed by atoms with van der Waals surface area (Å²) < 4.78 is 8.34. The summed E-state index contributed by atoms with van der Waals surface area (Å²) in [5, 5.41) is 0.962. The number of para-hydroxylation sites is 1. The van der Waals surface area contributed by atoms with Gasteiger partial charge in [-0.3, -0.25) is 4.98 Å². The lowest BCUT2D eigenvalue weighted by Gasteiger charge is -2.47. The number of benzene rings is 7. The lowest BCUT2D eigenvalue weighted by molar-refractivity contribution is 0.481. The van der Waals surface area contributed by atoms with Crippen LogP contribution in [0.1, 0.15) is 113 Å². The second kappa shape index (κ2) is 16.7. The fourth-order valence-electron chi connectivity index (χ4n) is 10.1. The Morgan fingerprint density at radius 3 is 1.71 bits per heavy atom. The number of hydrogen-bond donors (Lipinski definition) is 0. The highest BCUT2D eigenvalue weighted by atomic mass is 32.1. The number of anilines is 3. The summed E-state index contributed by atoms with van der Waals surface area (Å²) in [7, 11) is 0. The number of ether oxygens (including phenoxy) is 1. The van der Waals surface area contributed by atoms with Gasteiger partial charge >= 0.3 is 0 Å². The van der Waals surface area contributed by atoms with Gasteiger partial charge < -0.3 is 9.64 Å². The van der Waals surface area contributed by atoms with E-state index in [9.17, 15) is 0 Å². The van der Waals surface area contributed by atoms with Crippen LogP contribution >= 0.6 is 11.3 Å². The molecule has 0 atom stereocenters. The Labute approximate surface area is 407 Å². The molecule has 3 heterocycles. The Morgan fingerprint density at radius 2 is 1.10 bits per heavy atom. The van der Waals surface area contributed by atoms with Crippen LogP contribution in [0.25, 0.3) is 31.9 Å². The smallest absolute Gasteiger partial charge is 0.128 e. The van der Waals surface area contributed by atoms with Crippen LogP contribution in [0.4, 0.5) is 17.1 Å². The summed E-state index contributed by atoms with van der Waals surface area (Å²) >= 11 is 1.71. The van der Waals surface area contributed by atoms with E-state index in [1.54, 1.807) is 11.3 Å². The minimum absolute atomic E-state index is 0.0263. The van der Waals surface area contributed by atoms with Gasteiger partial charge in [0.05, 0.1) is 32.7 Å². The Hall–Kier alpha value is -6.82. The van der Waals surface area contributed by atoms with Crippen LogP contribution in [0.2, 0.25) is 0 Å². The van der Waals surface area contributed by atoms with Crippen molar-refractivity contribution in [2.24, 2.45) is 0 Å². The maximum absolute atomic E-state index is 7.18. The van der Waals surface area contributed by atoms with Crippen molar-refractivity contribution in [1.82, 2.24) is 9.97 Å². The number of nitrogens with zero attached hydrogens (tertiary/aromatic N) is 3. The molecule has 0 saturated carbocycles. The van der Waals surface area contributed by atoms with Gasteiger partial charge in [-0.1, -0.05) is 147 Å². The number of rotatable bonds is 7. The Kier molecular flexibility index (Phi) is 11.1. The fourth-order valence-corrected chi connectivity index (χ4v) is 11.1. The first-order chi connectivity index (χ1) is 32.4. The van der Waals surface area contributed by atoms with Gasteiger partial charge in [0.1, 0.15) is 16.5 Å². The van der Waals surface area contributed by atoms with Gasteiger partial charge in [-0.2, -0.15) is 0 Å². The van der Waals surface area contributed by atoms with Crippen LogP contribution < -0.4 is 9.64 Å². The van der Waals surface area contributed by atoms with E-state index >= 15 is 0 Å². The third-order valence-electron chi connectivity index (χ3n) is 13.8. The molecule has 68 heavy (non-hydrogen) atoms. The van der Waals surface area contributed by atoms with Gasteiger partial charge in [0.25, 0.3) is 0 Å². The van der Waals surface area contributed by atoms with Crippen LogP contribution in [0, 0.1) is 13.8 Å². The molecule has 0 amide bonds. The first-order valence-electron chi connectivity index (χ1n) is 23.9. The molecule has 0 radical (unpaired) electrons. The van der Waals surface area contributed by atoms with Crippen molar-refractivity contribution in [2.75, 3.05) is 4.90 Å². The molecule has 4 nitrogen and oxygen atoms in total. The normalized spacial score (nSPS) is 13.6. The Morgan fingerprint density at radius 1 is 0.515 bits per heavy atom. The lowest BCUT2D eigenvalue weighted by Crippen LogP contribution is -2.39. The second-order valence-electron chi connectivity index (χ2n) is 21.7. The van der Waals surface area contributed by atoms with Gasteiger partial charge in [0, 0.05) is 17.4 Å². The van der Waals surface area contributed by atoms with E-state index < -0.39 is 5.41 Å². The fraction of sp³-hybridized carbons (Fsp3) is 0.238. The average Bonchev–Trinajstić information content (AvgIpc) is 3.75. The minimum atomic E-state index is -0.845. The number of hydrogen-bond acceptors (Lipinski definition) is 5. The highest BCUT2D eigenvalue weighted by Crippen LogP contribution is 2.59. The molecular formula is C63H61N3OS. The van der Waals surface area contributed by atoms with Crippen LogP contribution in [0.3, 0.4) is 0 Å². The van der Waals surface area contributed by atoms with E-state index in [2.05, 4.69) is 239 Å². The van der Waals surface area contributed by atoms with Crippen molar-refractivity contribution >= 4 is 38.6 Å². The molecule has 0 unspecified atom stereocenters. The van der Waals surface area contributed by atoms with Gasteiger partial charge in [-0.25, -0.2) is 4.98 Å². The molecule has 0 fully saturated rings. The van der Waals surface area contributed by atoms with Gasteiger partial charge in [-0.05, 0) is 165 Å². The third-order valence-corrected chi connectivity index (χ3v) is 14.9. The van der Waals surface area contributed by atoms with E-state index in [4.69, 9.17) is 14.7 Å². The second-order valence-corrected chi connectivity index (χ2v) is 22.7. The van der Waals surface area contributed by atoms with Crippen molar-refractivity contribution in [1.29, 1.82) is 0 Å². The summed E-state index contributed by atoms with van der Waals surface area (Å²) in [5.74, 6) is 1.50. The largest absolute Gasteiger partial charge is 0.457 e. The number of aromatic nitrogens is 2. The molecule has 1 aliphatic rings. The molecule has 0 bridgehead atoms. The molecule has 0 saturated heterocycles. The van der Waals surface area contributed by atoms with E-state index in [1.807, 2.05) is 12.3 Å². The maximum atomic E-state index is 7.18. The number of thiazole rings is 1. The summed E-state index contributed by atoms with van der Waals surface area (Å²) in [5.41, 5.74) is 17.3. The van der Waals surface area contributed by atoms with Crippen molar-refractivity contribution in [3.8, 4) is 33.2 Å². The highest BCUT2D eigenvalue weighted by Gasteiger charge is 2.49. The van der Waals surface area contributed by atoms with Gasteiger partial charge in [0.2, 0.25) is 0 Å². The van der Waals surface area contributed by atoms with E-state index in [1.165, 1.54) is 44.5 Å². The summed E-state index contributed by atoms with van der Waals surface area (Å²) in [4.78, 5) is 12.9. The summed E-state index contributed by atoms with van der Waals surface area (Å²) in [6.45, 7) is 25.0. The van der Waals surface area contributed by atoms with Crippen LogP contribution in [-0.4, -0.2) is 9.97 Å². The van der Waals surface area contributed by atoms with Crippen LogP contribution in [0.15, 0.2) is 170 Å². The highest BCUT2D eigenvalue weighted by molar-refractivity contribution is 7.21. The molecular weight excluding hydrogens is 847 g/mol. The molecule has 5 heteroatoms. The van der Waals surface area contributed by atoms with E-state index in [0.29, 0.717) is 0 Å². The van der Waals surface area contributed by atoms with Gasteiger partial charge in [0.15, 0.2) is 0 Å². The zero-order valence-electron chi connectivity index (χ0n) is 41.3. The van der Waals surface area contributed by atoms with Crippen LogP contribution in [0.5, 0.6) is 11.5 Å². The standard InChI is InChI=1S/C63H61N3OS/c1-40-18-16-19-41(2)58(40)42-34-43(59-65-53-22-12-13-23-56(53)68-59)36-50(35-42)67-49-21-17-20-47(37-49)63(57-24-14-15-33-64-57)51-38-45(61(6,7)8)27-31-54(51)66(48-29-25-44(26-30-48)60(3,4)5)55-32-28-46(39-52(55)63)62(9,10)11/h12-39H,1-11H3. The van der Waals surface area contributed by atoms with Crippen molar-refractivity contribution in [3.05, 3.63) is 220 Å². The summed E-state index contributed by atoms with van der Waals surface area (Å²) in [6, 6.07) is 60.0.